The Morgan fingerprint density at radius 3 is 1.33 bits per heavy atom. The van der Waals surface area contributed by atoms with Gasteiger partial charge >= 0.3 is 5.97 Å². The zero-order chi connectivity index (χ0) is 37.2. The molecule has 274 valence electrons. The number of rotatable bonds is 15. The Hall–Kier alpha value is -4.81. The van der Waals surface area contributed by atoms with Crippen LogP contribution >= 0.6 is 0 Å². The van der Waals surface area contributed by atoms with Gasteiger partial charge in [0, 0.05) is 13.1 Å². The summed E-state index contributed by atoms with van der Waals surface area (Å²) in [6.07, 6.45) is 1.65. The van der Waals surface area contributed by atoms with Gasteiger partial charge < -0.3 is 52.5 Å². The first-order chi connectivity index (χ1) is 22.9. The fourth-order valence-electron chi connectivity index (χ4n) is 5.44. The standard InChI is InChI=1S/C30H49N9O10/c1-14(32-22(40)13-31)23(41)33-15(2)24(42)34-16(3)25(43)36-18(5)28(46)38-11-7-9-20(38)27(45)35-17(4)26(44)37-19(6)29(47)39-12-8-10-21(39)30(48)49/h14-21H,7-13,31H2,1-6H3,(H,32,40)(H,33,41)(H,34,42)(H,35,45)(H,36,43)(H,37,44)(H,48,49)/t14-,15-,16-,17-,18-,19-,20-,21-/m0/s1. The maximum atomic E-state index is 13.3. The van der Waals surface area contributed by atoms with E-state index >= 15 is 0 Å². The van der Waals surface area contributed by atoms with Gasteiger partial charge in [0.1, 0.15) is 48.3 Å². The van der Waals surface area contributed by atoms with Crippen LogP contribution in [0.3, 0.4) is 0 Å². The lowest BCUT2D eigenvalue weighted by Crippen LogP contribution is -2.58. The second-order valence-electron chi connectivity index (χ2n) is 12.4. The van der Waals surface area contributed by atoms with Crippen molar-refractivity contribution in [3.8, 4) is 0 Å². The number of likely N-dealkylation sites (tertiary alicyclic amines) is 2. The molecule has 2 aliphatic rings. The third-order valence-electron chi connectivity index (χ3n) is 8.33. The molecule has 2 heterocycles. The number of nitrogens with one attached hydrogen (secondary N) is 6. The third kappa shape index (κ3) is 11.1. The van der Waals surface area contributed by atoms with E-state index in [4.69, 9.17) is 5.73 Å². The van der Waals surface area contributed by atoms with Crippen LogP contribution in [0.4, 0.5) is 0 Å². The quantitative estimate of drug-likeness (QED) is 0.0818. The van der Waals surface area contributed by atoms with Crippen LogP contribution in [0, 0.1) is 0 Å². The summed E-state index contributed by atoms with van der Waals surface area (Å²) in [6.45, 7) is 8.61. The van der Waals surface area contributed by atoms with Crippen molar-refractivity contribution in [1.82, 2.24) is 41.7 Å². The summed E-state index contributed by atoms with van der Waals surface area (Å²) in [5.74, 6) is -6.09. The highest BCUT2D eigenvalue weighted by Crippen LogP contribution is 2.20. The molecule has 49 heavy (non-hydrogen) atoms. The summed E-state index contributed by atoms with van der Waals surface area (Å²) in [4.78, 5) is 115. The molecular weight excluding hydrogens is 646 g/mol. The van der Waals surface area contributed by atoms with E-state index in [0.717, 1.165) is 0 Å². The van der Waals surface area contributed by atoms with Crippen molar-refractivity contribution in [1.29, 1.82) is 0 Å². The van der Waals surface area contributed by atoms with Gasteiger partial charge in [-0.1, -0.05) is 0 Å². The summed E-state index contributed by atoms with van der Waals surface area (Å²) < 4.78 is 0. The minimum Gasteiger partial charge on any atom is -0.480 e. The summed E-state index contributed by atoms with van der Waals surface area (Å²) in [7, 11) is 0. The van der Waals surface area contributed by atoms with Gasteiger partial charge in [0.2, 0.25) is 47.3 Å². The number of carboxylic acid groups (broad SMARTS) is 1. The van der Waals surface area contributed by atoms with E-state index in [1.807, 2.05) is 0 Å². The van der Waals surface area contributed by atoms with Crippen LogP contribution in [-0.2, 0) is 43.2 Å². The number of aliphatic carboxylic acids is 1. The van der Waals surface area contributed by atoms with E-state index in [2.05, 4.69) is 31.9 Å². The maximum Gasteiger partial charge on any atom is 0.326 e. The van der Waals surface area contributed by atoms with E-state index in [1.54, 1.807) is 0 Å². The Morgan fingerprint density at radius 1 is 0.571 bits per heavy atom. The fourth-order valence-corrected chi connectivity index (χ4v) is 5.44. The molecule has 2 rings (SSSR count). The Kier molecular flexibility index (Phi) is 14.9. The number of nitrogens with zero attached hydrogens (tertiary/aromatic N) is 2. The Balaban J connectivity index is 1.88. The molecule has 8 atom stereocenters. The van der Waals surface area contributed by atoms with Crippen LogP contribution in [0.1, 0.15) is 67.2 Å². The van der Waals surface area contributed by atoms with Gasteiger partial charge in [0.15, 0.2) is 0 Å². The van der Waals surface area contributed by atoms with Crippen molar-refractivity contribution in [3.63, 3.8) is 0 Å². The highest BCUT2D eigenvalue weighted by molar-refractivity contribution is 5.97. The molecule has 0 aromatic rings. The van der Waals surface area contributed by atoms with Gasteiger partial charge in [-0.15, -0.1) is 0 Å². The van der Waals surface area contributed by atoms with E-state index in [1.165, 1.54) is 51.3 Å². The lowest BCUT2D eigenvalue weighted by Gasteiger charge is -2.29. The lowest BCUT2D eigenvalue weighted by atomic mass is 10.1. The van der Waals surface area contributed by atoms with Crippen LogP contribution in [0.5, 0.6) is 0 Å². The number of nitrogens with two attached hydrogens (primary N) is 1. The van der Waals surface area contributed by atoms with Crippen LogP contribution in [-0.4, -0.2) is 136 Å². The number of hydrogen-bond acceptors (Lipinski definition) is 10. The van der Waals surface area contributed by atoms with Gasteiger partial charge in [-0.25, -0.2) is 4.79 Å². The van der Waals surface area contributed by atoms with Gasteiger partial charge in [-0.2, -0.15) is 0 Å². The summed E-state index contributed by atoms with van der Waals surface area (Å²) >= 11 is 0. The average Bonchev–Trinajstić information content (AvgIpc) is 3.74. The second kappa shape index (κ2) is 18.1. The predicted octanol–water partition coefficient (Wildman–Crippen LogP) is -3.96. The molecule has 8 amide bonds. The summed E-state index contributed by atoms with van der Waals surface area (Å²) in [5, 5.41) is 24.1. The minimum atomic E-state index is -1.12. The summed E-state index contributed by atoms with van der Waals surface area (Å²) in [5.41, 5.74) is 5.21. The molecular formula is C30H49N9O10. The third-order valence-corrected chi connectivity index (χ3v) is 8.33. The van der Waals surface area contributed by atoms with Crippen LogP contribution in [0.15, 0.2) is 0 Å². The number of amides is 8. The van der Waals surface area contributed by atoms with E-state index in [-0.39, 0.29) is 19.6 Å². The monoisotopic (exact) mass is 695 g/mol. The Morgan fingerprint density at radius 2 is 0.918 bits per heavy atom. The largest absolute Gasteiger partial charge is 0.480 e. The number of carboxylic acids is 1. The van der Waals surface area contributed by atoms with Crippen LogP contribution in [0.25, 0.3) is 0 Å². The fraction of sp³-hybridized carbons (Fsp3) is 0.700. The highest BCUT2D eigenvalue weighted by Gasteiger charge is 2.39. The average molecular weight is 696 g/mol. The van der Waals surface area contributed by atoms with Gasteiger partial charge in [0.25, 0.3) is 0 Å². The number of carbonyl (C=O) groups is 9. The Bertz CT molecular complexity index is 1310. The molecule has 2 saturated heterocycles. The summed E-state index contributed by atoms with van der Waals surface area (Å²) in [6, 6.07) is -8.22. The SMILES string of the molecule is C[C@H](NC(=O)CN)C(=O)N[C@@H](C)C(=O)N[C@@H](C)C(=O)N[C@@H](C)C(=O)N1CCC[C@H]1C(=O)N[C@@H](C)C(=O)N[C@@H](C)C(=O)N1CCC[C@H]1C(=O)O. The van der Waals surface area contributed by atoms with Gasteiger partial charge in [-0.3, -0.25) is 38.4 Å². The normalized spacial score (nSPS) is 20.8. The molecule has 0 spiro atoms. The second-order valence-corrected chi connectivity index (χ2v) is 12.4. The predicted molar refractivity (Wildman–Crippen MR) is 172 cm³/mol. The molecule has 0 aromatic heterocycles. The number of hydrogen-bond donors (Lipinski definition) is 8. The van der Waals surface area contributed by atoms with Crippen LogP contribution < -0.4 is 37.6 Å². The molecule has 0 saturated carbocycles. The minimum absolute atomic E-state index is 0.220. The molecule has 19 nitrogen and oxygen atoms in total. The van der Waals surface area contributed by atoms with Crippen molar-refractivity contribution < 1.29 is 48.3 Å². The molecule has 2 aliphatic heterocycles. The molecule has 0 radical (unpaired) electrons. The first kappa shape index (κ1) is 40.4. The van der Waals surface area contributed by atoms with E-state index < -0.39 is 102 Å². The zero-order valence-corrected chi connectivity index (χ0v) is 28.7. The van der Waals surface area contributed by atoms with Crippen molar-refractivity contribution >= 4 is 53.2 Å². The molecule has 0 aliphatic carbocycles. The van der Waals surface area contributed by atoms with E-state index in [0.29, 0.717) is 25.7 Å². The molecule has 0 aromatic carbocycles. The lowest BCUT2D eigenvalue weighted by molar-refractivity contribution is -0.149. The zero-order valence-electron chi connectivity index (χ0n) is 28.7. The van der Waals surface area contributed by atoms with Crippen molar-refractivity contribution in [3.05, 3.63) is 0 Å². The molecule has 0 unspecified atom stereocenters. The van der Waals surface area contributed by atoms with Gasteiger partial charge in [-0.05, 0) is 67.2 Å². The maximum absolute atomic E-state index is 13.3. The molecule has 0 bridgehead atoms. The molecule has 19 heteroatoms. The smallest absolute Gasteiger partial charge is 0.326 e. The topological polar surface area (TPSA) is 279 Å². The first-order valence-electron chi connectivity index (χ1n) is 16.2. The van der Waals surface area contributed by atoms with Crippen LogP contribution in [0.2, 0.25) is 0 Å². The molecule has 2 fully saturated rings. The number of carbonyl (C=O) groups excluding carboxylic acids is 8. The van der Waals surface area contributed by atoms with Crippen molar-refractivity contribution in [2.24, 2.45) is 5.73 Å². The van der Waals surface area contributed by atoms with Crippen molar-refractivity contribution in [2.75, 3.05) is 19.6 Å². The highest BCUT2D eigenvalue weighted by atomic mass is 16.4. The van der Waals surface area contributed by atoms with Crippen molar-refractivity contribution in [2.45, 2.75) is 116 Å². The first-order valence-corrected chi connectivity index (χ1v) is 16.2. The van der Waals surface area contributed by atoms with E-state index in [9.17, 15) is 48.3 Å². The van der Waals surface area contributed by atoms with Gasteiger partial charge in [0.05, 0.1) is 6.54 Å². The molecule has 9 N–H and O–H groups in total. The Labute approximate surface area is 284 Å².